The summed E-state index contributed by atoms with van der Waals surface area (Å²) in [4.78, 5) is 23.8. The molecule has 0 saturated heterocycles. The molecule has 6 N–H and O–H groups in total. The zero-order chi connectivity index (χ0) is 27.0. The van der Waals surface area contributed by atoms with Gasteiger partial charge in [-0.2, -0.15) is 0 Å². The standard InChI is InChI=1S/C30H52N2O5/c1-18(7-12-27(34)35)22-10-11-23-21-9-8-19-16-20(37-28(36)25(32)6-4-5-15-31)13-14-29(19,2)24(21)17-26(33)30(22,23)3/h18-26,33H,4-17,31-32H2,1-3H3,(H,34,35)/t18-,19-,20-,21+,22-,23+,24+,25+,26+,29+,30-/m1/s1. The molecule has 7 heteroatoms. The summed E-state index contributed by atoms with van der Waals surface area (Å²) in [6.45, 7) is 7.58. The van der Waals surface area contributed by atoms with Gasteiger partial charge < -0.3 is 26.4 Å². The number of aliphatic carboxylic acids is 1. The second kappa shape index (κ2) is 11.5. The van der Waals surface area contributed by atoms with Crippen molar-refractivity contribution in [2.24, 2.45) is 57.8 Å². The fraction of sp³-hybridized carbons (Fsp3) is 0.933. The van der Waals surface area contributed by atoms with Gasteiger partial charge in [0.1, 0.15) is 12.1 Å². The van der Waals surface area contributed by atoms with Crippen molar-refractivity contribution >= 4 is 11.9 Å². The second-order valence-electron chi connectivity index (χ2n) is 13.6. The fourth-order valence-corrected chi connectivity index (χ4v) is 9.68. The first-order valence-electron chi connectivity index (χ1n) is 15.1. The van der Waals surface area contributed by atoms with E-state index in [-0.39, 0.29) is 35.4 Å². The molecule has 0 amide bonds. The van der Waals surface area contributed by atoms with Gasteiger partial charge in [0.05, 0.1) is 6.10 Å². The van der Waals surface area contributed by atoms with E-state index in [2.05, 4.69) is 20.8 Å². The first-order chi connectivity index (χ1) is 17.5. The molecule has 0 aromatic rings. The number of carboxylic acids is 1. The molecule has 212 valence electrons. The number of ether oxygens (including phenoxy) is 1. The summed E-state index contributed by atoms with van der Waals surface area (Å²) < 4.78 is 5.91. The molecule has 4 aliphatic carbocycles. The van der Waals surface area contributed by atoms with E-state index in [0.29, 0.717) is 54.9 Å². The molecule has 0 heterocycles. The predicted molar refractivity (Wildman–Crippen MR) is 143 cm³/mol. The fourth-order valence-electron chi connectivity index (χ4n) is 9.68. The highest BCUT2D eigenvalue weighted by Crippen LogP contribution is 2.68. The maximum absolute atomic E-state index is 12.6. The smallest absolute Gasteiger partial charge is 0.323 e. The molecule has 4 fully saturated rings. The highest BCUT2D eigenvalue weighted by molar-refractivity contribution is 5.75. The minimum absolute atomic E-state index is 0.0487. The summed E-state index contributed by atoms with van der Waals surface area (Å²) in [7, 11) is 0. The van der Waals surface area contributed by atoms with E-state index in [4.69, 9.17) is 16.2 Å². The van der Waals surface area contributed by atoms with Crippen molar-refractivity contribution in [2.45, 2.75) is 122 Å². The van der Waals surface area contributed by atoms with Crippen LogP contribution in [-0.2, 0) is 14.3 Å². The van der Waals surface area contributed by atoms with E-state index in [1.54, 1.807) is 0 Å². The molecule has 7 nitrogen and oxygen atoms in total. The summed E-state index contributed by atoms with van der Waals surface area (Å²) in [6, 6.07) is -0.560. The number of unbranched alkanes of at least 4 members (excludes halogenated alkanes) is 1. The Kier molecular flexibility index (Phi) is 8.97. The first-order valence-corrected chi connectivity index (χ1v) is 15.1. The van der Waals surface area contributed by atoms with Crippen LogP contribution in [0.25, 0.3) is 0 Å². The third-order valence-electron chi connectivity index (χ3n) is 11.9. The van der Waals surface area contributed by atoms with Gasteiger partial charge in [0.15, 0.2) is 0 Å². The number of carboxylic acid groups (broad SMARTS) is 1. The average molecular weight is 521 g/mol. The van der Waals surface area contributed by atoms with Gasteiger partial charge in [-0.25, -0.2) is 0 Å². The minimum atomic E-state index is -0.725. The molecular formula is C30H52N2O5. The molecule has 4 saturated carbocycles. The van der Waals surface area contributed by atoms with Crippen LogP contribution < -0.4 is 11.5 Å². The van der Waals surface area contributed by atoms with Gasteiger partial charge in [0.25, 0.3) is 0 Å². The Morgan fingerprint density at radius 2 is 1.78 bits per heavy atom. The van der Waals surface area contributed by atoms with Crippen LogP contribution in [0.3, 0.4) is 0 Å². The van der Waals surface area contributed by atoms with E-state index in [1.807, 2.05) is 0 Å². The Morgan fingerprint density at radius 1 is 1.03 bits per heavy atom. The van der Waals surface area contributed by atoms with Crippen LogP contribution in [0.5, 0.6) is 0 Å². The van der Waals surface area contributed by atoms with Crippen molar-refractivity contribution in [3.05, 3.63) is 0 Å². The number of nitrogens with two attached hydrogens (primary N) is 2. The molecular weight excluding hydrogens is 468 g/mol. The van der Waals surface area contributed by atoms with Crippen molar-refractivity contribution < 1.29 is 24.5 Å². The van der Waals surface area contributed by atoms with E-state index >= 15 is 0 Å². The van der Waals surface area contributed by atoms with Crippen molar-refractivity contribution in [3.63, 3.8) is 0 Å². The Bertz CT molecular complexity index is 822. The lowest BCUT2D eigenvalue weighted by Gasteiger charge is -2.62. The predicted octanol–water partition coefficient (Wildman–Crippen LogP) is 4.49. The van der Waals surface area contributed by atoms with Crippen LogP contribution in [0.15, 0.2) is 0 Å². The topological polar surface area (TPSA) is 136 Å². The van der Waals surface area contributed by atoms with E-state index in [0.717, 1.165) is 57.8 Å². The van der Waals surface area contributed by atoms with Gasteiger partial charge in [-0.05, 0) is 124 Å². The number of carbonyl (C=O) groups excluding carboxylic acids is 1. The Balaban J connectivity index is 1.40. The number of fused-ring (bicyclic) bond motifs is 5. The Labute approximate surface area is 223 Å². The summed E-state index contributed by atoms with van der Waals surface area (Å²) in [5.74, 6) is 1.87. The third-order valence-corrected chi connectivity index (χ3v) is 11.9. The molecule has 4 rings (SSSR count). The molecule has 0 unspecified atom stereocenters. The Hall–Kier alpha value is -1.18. The molecule has 0 bridgehead atoms. The largest absolute Gasteiger partial charge is 0.481 e. The van der Waals surface area contributed by atoms with Gasteiger partial charge in [0, 0.05) is 6.42 Å². The SMILES string of the molecule is C[C@H](CCC(=O)O)[C@H]1CC[C@H]2[C@@H]3CC[C@@H]4C[C@H](OC(=O)[C@@H](N)CCCCN)CC[C@]4(C)[C@H]3C[C@H](O)[C@]12C. The van der Waals surface area contributed by atoms with Gasteiger partial charge in [0.2, 0.25) is 0 Å². The normalized spacial score (nSPS) is 42.7. The molecule has 4 aliphatic rings. The van der Waals surface area contributed by atoms with Crippen LogP contribution in [0, 0.1) is 46.3 Å². The van der Waals surface area contributed by atoms with Crippen molar-refractivity contribution in [2.75, 3.05) is 6.54 Å². The van der Waals surface area contributed by atoms with Gasteiger partial charge in [-0.3, -0.25) is 9.59 Å². The van der Waals surface area contributed by atoms with Crippen LogP contribution in [0.2, 0.25) is 0 Å². The Morgan fingerprint density at radius 3 is 2.49 bits per heavy atom. The molecule has 37 heavy (non-hydrogen) atoms. The van der Waals surface area contributed by atoms with E-state index < -0.39 is 12.0 Å². The molecule has 0 aliphatic heterocycles. The molecule has 0 radical (unpaired) electrons. The van der Waals surface area contributed by atoms with Crippen molar-refractivity contribution in [1.29, 1.82) is 0 Å². The van der Waals surface area contributed by atoms with Gasteiger partial charge >= 0.3 is 11.9 Å². The maximum atomic E-state index is 12.6. The van der Waals surface area contributed by atoms with E-state index in [9.17, 15) is 19.8 Å². The minimum Gasteiger partial charge on any atom is -0.481 e. The number of aliphatic hydroxyl groups is 1. The lowest BCUT2D eigenvalue weighted by Crippen LogP contribution is -2.59. The summed E-state index contributed by atoms with van der Waals surface area (Å²) in [5, 5.41) is 20.9. The number of esters is 1. The van der Waals surface area contributed by atoms with Crippen molar-refractivity contribution in [3.8, 4) is 0 Å². The van der Waals surface area contributed by atoms with E-state index in [1.165, 1.54) is 6.42 Å². The molecule has 11 atom stereocenters. The average Bonchev–Trinajstić information content (AvgIpc) is 3.22. The number of carbonyl (C=O) groups is 2. The monoisotopic (exact) mass is 520 g/mol. The van der Waals surface area contributed by atoms with Crippen LogP contribution >= 0.6 is 0 Å². The molecule has 0 spiro atoms. The quantitative estimate of drug-likeness (QED) is 0.246. The van der Waals surface area contributed by atoms with Gasteiger partial charge in [-0.1, -0.05) is 27.2 Å². The number of hydrogen-bond acceptors (Lipinski definition) is 6. The molecule has 0 aromatic carbocycles. The van der Waals surface area contributed by atoms with Crippen LogP contribution in [0.1, 0.15) is 104 Å². The zero-order valence-electron chi connectivity index (χ0n) is 23.4. The molecule has 0 aromatic heterocycles. The summed E-state index contributed by atoms with van der Waals surface area (Å²) in [6.07, 6.45) is 11.2. The number of rotatable bonds is 10. The van der Waals surface area contributed by atoms with Crippen molar-refractivity contribution in [1.82, 2.24) is 0 Å². The lowest BCUT2D eigenvalue weighted by molar-refractivity contribution is -0.182. The van der Waals surface area contributed by atoms with Crippen LogP contribution in [0.4, 0.5) is 0 Å². The highest BCUT2D eigenvalue weighted by Gasteiger charge is 2.63. The zero-order valence-corrected chi connectivity index (χ0v) is 23.4. The maximum Gasteiger partial charge on any atom is 0.323 e. The van der Waals surface area contributed by atoms with Gasteiger partial charge in [-0.15, -0.1) is 0 Å². The summed E-state index contributed by atoms with van der Waals surface area (Å²) >= 11 is 0. The number of aliphatic hydroxyl groups excluding tert-OH is 1. The number of hydrogen-bond donors (Lipinski definition) is 4. The lowest BCUT2D eigenvalue weighted by atomic mass is 9.43. The third kappa shape index (κ3) is 5.47. The highest BCUT2D eigenvalue weighted by atomic mass is 16.5. The first kappa shape index (κ1) is 28.8. The summed E-state index contributed by atoms with van der Waals surface area (Å²) in [5.41, 5.74) is 11.7. The second-order valence-corrected chi connectivity index (χ2v) is 13.6. The van der Waals surface area contributed by atoms with Crippen LogP contribution in [-0.4, -0.2) is 46.9 Å².